The molecular weight excluding hydrogens is 310 g/mol. The van der Waals surface area contributed by atoms with Crippen LogP contribution in [-0.2, 0) is 11.3 Å². The Morgan fingerprint density at radius 1 is 1.00 bits per heavy atom. The van der Waals surface area contributed by atoms with Crippen molar-refractivity contribution in [2.24, 2.45) is 0 Å². The van der Waals surface area contributed by atoms with E-state index in [4.69, 9.17) is 18.9 Å². The summed E-state index contributed by atoms with van der Waals surface area (Å²) in [5.41, 5.74) is 0.912. The van der Waals surface area contributed by atoms with Crippen molar-refractivity contribution in [3.8, 4) is 17.2 Å². The lowest BCUT2D eigenvalue weighted by Gasteiger charge is -2.28. The molecule has 1 unspecified atom stereocenters. The Labute approximate surface area is 144 Å². The number of likely N-dealkylation sites (tertiary alicyclic amines) is 1. The Morgan fingerprint density at radius 2 is 1.62 bits per heavy atom. The molecule has 1 heterocycles. The second kappa shape index (κ2) is 9.71. The molecule has 0 radical (unpaired) electrons. The van der Waals surface area contributed by atoms with E-state index in [1.54, 1.807) is 21.3 Å². The van der Waals surface area contributed by atoms with Crippen LogP contribution in [0, 0.1) is 0 Å². The molecule has 24 heavy (non-hydrogen) atoms. The second-order valence-corrected chi connectivity index (χ2v) is 6.06. The van der Waals surface area contributed by atoms with Crippen LogP contribution in [0.25, 0.3) is 0 Å². The minimum atomic E-state index is -0.467. The Morgan fingerprint density at radius 3 is 2.17 bits per heavy atom. The number of hydrogen-bond acceptors (Lipinski definition) is 6. The minimum Gasteiger partial charge on any atom is -0.493 e. The largest absolute Gasteiger partial charge is 0.493 e. The summed E-state index contributed by atoms with van der Waals surface area (Å²) < 4.78 is 21.6. The molecule has 1 N–H and O–H groups in total. The average molecular weight is 339 g/mol. The fourth-order valence-corrected chi connectivity index (χ4v) is 3.02. The molecule has 0 aliphatic carbocycles. The number of β-amino-alcohol motifs (C(OH)–C–C–N with tert-alkyl or cyclic N) is 1. The van der Waals surface area contributed by atoms with Crippen LogP contribution >= 0.6 is 0 Å². The van der Waals surface area contributed by atoms with Gasteiger partial charge in [0.2, 0.25) is 5.75 Å². The lowest BCUT2D eigenvalue weighted by atomic mass is 10.1. The van der Waals surface area contributed by atoms with Gasteiger partial charge in [0.25, 0.3) is 0 Å². The summed E-state index contributed by atoms with van der Waals surface area (Å²) in [5.74, 6) is 1.77. The van der Waals surface area contributed by atoms with E-state index in [-0.39, 0.29) is 0 Å². The van der Waals surface area contributed by atoms with Gasteiger partial charge in [0.15, 0.2) is 11.5 Å². The van der Waals surface area contributed by atoms with Crippen LogP contribution in [0.15, 0.2) is 12.1 Å². The number of aliphatic hydroxyl groups is 1. The van der Waals surface area contributed by atoms with Gasteiger partial charge in [-0.2, -0.15) is 0 Å². The van der Waals surface area contributed by atoms with Crippen LogP contribution in [0.3, 0.4) is 0 Å². The van der Waals surface area contributed by atoms with E-state index in [2.05, 4.69) is 4.90 Å². The van der Waals surface area contributed by atoms with Crippen molar-refractivity contribution < 1.29 is 24.1 Å². The second-order valence-electron chi connectivity index (χ2n) is 6.06. The van der Waals surface area contributed by atoms with Gasteiger partial charge in [-0.05, 0) is 43.6 Å². The van der Waals surface area contributed by atoms with Gasteiger partial charge in [0.1, 0.15) is 0 Å². The molecule has 136 valence electrons. The number of hydrogen-bond donors (Lipinski definition) is 1. The first-order valence-electron chi connectivity index (χ1n) is 8.45. The molecule has 6 heteroatoms. The summed E-state index contributed by atoms with van der Waals surface area (Å²) in [6.45, 7) is 3.52. The molecule has 6 nitrogen and oxygen atoms in total. The van der Waals surface area contributed by atoms with Gasteiger partial charge in [-0.15, -0.1) is 0 Å². The topological polar surface area (TPSA) is 60.4 Å². The van der Waals surface area contributed by atoms with Crippen molar-refractivity contribution >= 4 is 0 Å². The number of methoxy groups -OCH3 is 3. The van der Waals surface area contributed by atoms with Crippen molar-refractivity contribution in [3.05, 3.63) is 17.7 Å². The van der Waals surface area contributed by atoms with Gasteiger partial charge in [0, 0.05) is 6.54 Å². The monoisotopic (exact) mass is 339 g/mol. The van der Waals surface area contributed by atoms with Crippen LogP contribution in [0.2, 0.25) is 0 Å². The Kier molecular flexibility index (Phi) is 7.62. The zero-order chi connectivity index (χ0) is 17.4. The maximum Gasteiger partial charge on any atom is 0.203 e. The maximum atomic E-state index is 10.1. The fraction of sp³-hybridized carbons (Fsp3) is 0.667. The summed E-state index contributed by atoms with van der Waals surface area (Å²) in [6, 6.07) is 3.72. The molecule has 0 saturated carbocycles. The summed E-state index contributed by atoms with van der Waals surface area (Å²) in [4.78, 5) is 2.30. The van der Waals surface area contributed by atoms with Crippen LogP contribution in [-0.4, -0.2) is 63.7 Å². The van der Waals surface area contributed by atoms with Crippen molar-refractivity contribution in [2.75, 3.05) is 47.6 Å². The summed E-state index contributed by atoms with van der Waals surface area (Å²) in [6.07, 6.45) is 3.27. The molecule has 0 bridgehead atoms. The van der Waals surface area contributed by atoms with Crippen LogP contribution in [0.4, 0.5) is 0 Å². The van der Waals surface area contributed by atoms with E-state index in [0.29, 0.717) is 37.0 Å². The molecule has 0 aromatic heterocycles. The predicted molar refractivity (Wildman–Crippen MR) is 92.1 cm³/mol. The summed E-state index contributed by atoms with van der Waals surface area (Å²) in [5, 5.41) is 10.1. The Hall–Kier alpha value is -1.50. The van der Waals surface area contributed by atoms with E-state index in [0.717, 1.165) is 18.7 Å². The molecule has 1 atom stereocenters. The average Bonchev–Trinajstić information content (AvgIpc) is 2.61. The minimum absolute atomic E-state index is 0.313. The Bertz CT molecular complexity index is 477. The number of ether oxygens (including phenoxy) is 4. The number of piperidine rings is 1. The third kappa shape index (κ3) is 5.26. The third-order valence-corrected chi connectivity index (χ3v) is 4.22. The first-order chi connectivity index (χ1) is 11.7. The van der Waals surface area contributed by atoms with Crippen molar-refractivity contribution in [2.45, 2.75) is 32.0 Å². The molecule has 1 aromatic rings. The van der Waals surface area contributed by atoms with Gasteiger partial charge in [0.05, 0.1) is 40.6 Å². The van der Waals surface area contributed by atoms with Crippen molar-refractivity contribution in [1.29, 1.82) is 0 Å². The van der Waals surface area contributed by atoms with Crippen molar-refractivity contribution in [3.63, 3.8) is 0 Å². The molecule has 1 saturated heterocycles. The first-order valence-corrected chi connectivity index (χ1v) is 8.45. The van der Waals surface area contributed by atoms with E-state index in [1.165, 1.54) is 19.3 Å². The normalized spacial score (nSPS) is 16.7. The molecular formula is C18H29NO5. The third-order valence-electron chi connectivity index (χ3n) is 4.22. The van der Waals surface area contributed by atoms with Crippen LogP contribution in [0.1, 0.15) is 24.8 Å². The zero-order valence-electron chi connectivity index (χ0n) is 14.9. The highest BCUT2D eigenvalue weighted by atomic mass is 16.5. The SMILES string of the molecule is COc1cc(COCC(O)CN2CCCCC2)cc(OC)c1OC. The van der Waals surface area contributed by atoms with E-state index in [1.807, 2.05) is 12.1 Å². The number of nitrogens with zero attached hydrogens (tertiary/aromatic N) is 1. The molecule has 0 spiro atoms. The summed E-state index contributed by atoms with van der Waals surface area (Å²) in [7, 11) is 4.75. The van der Waals surface area contributed by atoms with Gasteiger partial charge in [-0.25, -0.2) is 0 Å². The Balaban J connectivity index is 1.84. The van der Waals surface area contributed by atoms with E-state index in [9.17, 15) is 5.11 Å². The lowest BCUT2D eigenvalue weighted by molar-refractivity contribution is 0.00705. The standard InChI is InChI=1S/C18H29NO5/c1-21-16-9-14(10-17(22-2)18(16)23-3)12-24-13-15(20)11-19-7-5-4-6-8-19/h9-10,15,20H,4-8,11-13H2,1-3H3. The highest BCUT2D eigenvalue weighted by molar-refractivity contribution is 5.53. The predicted octanol–water partition coefficient (Wildman–Crippen LogP) is 2.08. The number of rotatable bonds is 9. The maximum absolute atomic E-state index is 10.1. The molecule has 1 fully saturated rings. The van der Waals surface area contributed by atoms with E-state index >= 15 is 0 Å². The van der Waals surface area contributed by atoms with Gasteiger partial charge < -0.3 is 29.0 Å². The molecule has 1 aliphatic rings. The van der Waals surface area contributed by atoms with Gasteiger partial charge in [-0.3, -0.25) is 0 Å². The first kappa shape index (κ1) is 18.8. The zero-order valence-corrected chi connectivity index (χ0v) is 14.9. The summed E-state index contributed by atoms with van der Waals surface area (Å²) >= 11 is 0. The van der Waals surface area contributed by atoms with Gasteiger partial charge in [-0.1, -0.05) is 6.42 Å². The highest BCUT2D eigenvalue weighted by Crippen LogP contribution is 2.38. The molecule has 1 aliphatic heterocycles. The lowest BCUT2D eigenvalue weighted by Crippen LogP contribution is -2.38. The molecule has 0 amide bonds. The van der Waals surface area contributed by atoms with E-state index < -0.39 is 6.10 Å². The molecule has 1 aromatic carbocycles. The smallest absolute Gasteiger partial charge is 0.203 e. The van der Waals surface area contributed by atoms with Gasteiger partial charge >= 0.3 is 0 Å². The molecule has 2 rings (SSSR count). The number of benzene rings is 1. The van der Waals surface area contributed by atoms with Crippen LogP contribution < -0.4 is 14.2 Å². The fourth-order valence-electron chi connectivity index (χ4n) is 3.02. The highest BCUT2D eigenvalue weighted by Gasteiger charge is 2.16. The quantitative estimate of drug-likeness (QED) is 0.743. The number of aliphatic hydroxyl groups excluding tert-OH is 1. The van der Waals surface area contributed by atoms with Crippen LogP contribution in [0.5, 0.6) is 17.2 Å². The van der Waals surface area contributed by atoms with Crippen molar-refractivity contribution in [1.82, 2.24) is 4.90 Å².